The summed E-state index contributed by atoms with van der Waals surface area (Å²) in [6.07, 6.45) is 1.84. The van der Waals surface area contributed by atoms with E-state index in [0.717, 1.165) is 9.86 Å². The number of aromatic nitrogens is 1. The monoisotopic (exact) mass is 424 g/mol. The molecule has 2 heterocycles. The Kier molecular flexibility index (Phi) is 3.93. The molecule has 0 bridgehead atoms. The highest BCUT2D eigenvalue weighted by molar-refractivity contribution is 9.11. The first-order valence-corrected chi connectivity index (χ1v) is 8.23. The van der Waals surface area contributed by atoms with Gasteiger partial charge in [0.05, 0.1) is 27.4 Å². The predicted octanol–water partition coefficient (Wildman–Crippen LogP) is 4.51. The van der Waals surface area contributed by atoms with Crippen molar-refractivity contribution in [1.29, 1.82) is 5.26 Å². The van der Waals surface area contributed by atoms with Crippen LogP contribution in [-0.2, 0) is 6.42 Å². The zero-order valence-corrected chi connectivity index (χ0v) is 14.4. The van der Waals surface area contributed by atoms with E-state index in [1.54, 1.807) is 12.3 Å². The van der Waals surface area contributed by atoms with E-state index >= 15 is 0 Å². The summed E-state index contributed by atoms with van der Waals surface area (Å²) in [4.78, 5) is 17.0. The molecular formula is C14H6Br2N2O2S. The van der Waals surface area contributed by atoms with Gasteiger partial charge in [-0.1, -0.05) is 15.9 Å². The van der Waals surface area contributed by atoms with Crippen LogP contribution in [0, 0.1) is 11.3 Å². The van der Waals surface area contributed by atoms with Gasteiger partial charge in [-0.25, -0.2) is 9.78 Å². The Morgan fingerprint density at radius 2 is 2.14 bits per heavy atom. The lowest BCUT2D eigenvalue weighted by Gasteiger charge is -2.02. The van der Waals surface area contributed by atoms with Gasteiger partial charge in [-0.05, 0) is 34.1 Å². The molecule has 0 aliphatic carbocycles. The molecule has 104 valence electrons. The molecule has 0 unspecified atom stereocenters. The summed E-state index contributed by atoms with van der Waals surface area (Å²) >= 11 is 8.12. The standard InChI is InChI=1S/C14H6Br2N2O2S/c15-8-3-7-4-9(11-6-18-12(21-11)1-2-17)14(19)20-13(7)10(16)5-8/h3-6H,1H2. The topological polar surface area (TPSA) is 66.9 Å². The van der Waals surface area contributed by atoms with Gasteiger partial charge in [0.2, 0.25) is 0 Å². The minimum atomic E-state index is -0.419. The maximum absolute atomic E-state index is 12.2. The van der Waals surface area contributed by atoms with E-state index in [1.807, 2.05) is 18.2 Å². The van der Waals surface area contributed by atoms with Gasteiger partial charge >= 0.3 is 5.63 Å². The molecule has 3 aromatic rings. The fraction of sp³-hybridized carbons (Fsp3) is 0.0714. The van der Waals surface area contributed by atoms with Crippen LogP contribution in [0.25, 0.3) is 21.4 Å². The Morgan fingerprint density at radius 1 is 1.33 bits per heavy atom. The molecule has 0 saturated heterocycles. The summed E-state index contributed by atoms with van der Waals surface area (Å²) in [5.74, 6) is 0. The maximum atomic E-state index is 12.2. The number of fused-ring (bicyclic) bond motifs is 1. The Balaban J connectivity index is 2.21. The molecule has 0 N–H and O–H groups in total. The number of thiazole rings is 1. The molecule has 0 saturated carbocycles. The van der Waals surface area contributed by atoms with Crippen molar-refractivity contribution in [2.75, 3.05) is 0 Å². The van der Waals surface area contributed by atoms with E-state index in [9.17, 15) is 4.79 Å². The third kappa shape index (κ3) is 2.79. The lowest BCUT2D eigenvalue weighted by molar-refractivity contribution is 0.562. The van der Waals surface area contributed by atoms with Gasteiger partial charge in [0.15, 0.2) is 5.58 Å². The van der Waals surface area contributed by atoms with E-state index in [4.69, 9.17) is 9.68 Å². The Hall–Kier alpha value is -1.49. The fourth-order valence-corrected chi connectivity index (χ4v) is 4.11. The van der Waals surface area contributed by atoms with Gasteiger partial charge in [-0.2, -0.15) is 5.26 Å². The zero-order chi connectivity index (χ0) is 15.0. The van der Waals surface area contributed by atoms with Gasteiger partial charge < -0.3 is 4.42 Å². The van der Waals surface area contributed by atoms with Gasteiger partial charge in [0, 0.05) is 16.1 Å². The Morgan fingerprint density at radius 3 is 2.90 bits per heavy atom. The minimum Gasteiger partial charge on any atom is -0.421 e. The van der Waals surface area contributed by atoms with Crippen LogP contribution in [0.1, 0.15) is 5.01 Å². The normalized spacial score (nSPS) is 10.7. The van der Waals surface area contributed by atoms with Crippen molar-refractivity contribution in [3.8, 4) is 16.5 Å². The number of nitriles is 1. The van der Waals surface area contributed by atoms with Crippen LogP contribution in [0.15, 0.2) is 42.6 Å². The van der Waals surface area contributed by atoms with Crippen molar-refractivity contribution in [1.82, 2.24) is 4.98 Å². The summed E-state index contributed by atoms with van der Waals surface area (Å²) in [7, 11) is 0. The number of halogens is 2. The molecule has 0 spiro atoms. The third-order valence-electron chi connectivity index (χ3n) is 2.80. The summed E-state index contributed by atoms with van der Waals surface area (Å²) < 4.78 is 6.99. The number of benzene rings is 1. The highest BCUT2D eigenvalue weighted by atomic mass is 79.9. The molecule has 2 aromatic heterocycles. The van der Waals surface area contributed by atoms with Gasteiger partial charge in [-0.15, -0.1) is 11.3 Å². The van der Waals surface area contributed by atoms with Crippen molar-refractivity contribution in [2.45, 2.75) is 6.42 Å². The van der Waals surface area contributed by atoms with Crippen molar-refractivity contribution < 1.29 is 4.42 Å². The van der Waals surface area contributed by atoms with E-state index in [0.29, 0.717) is 25.5 Å². The third-order valence-corrected chi connectivity index (χ3v) is 4.88. The number of rotatable bonds is 2. The Bertz CT molecular complexity index is 940. The first-order chi connectivity index (χ1) is 10.1. The number of nitrogens with zero attached hydrogens (tertiary/aromatic N) is 2. The predicted molar refractivity (Wildman–Crippen MR) is 88.3 cm³/mol. The van der Waals surface area contributed by atoms with Crippen LogP contribution >= 0.6 is 43.2 Å². The number of hydrogen-bond acceptors (Lipinski definition) is 5. The second kappa shape index (κ2) is 5.72. The molecule has 0 atom stereocenters. The van der Waals surface area contributed by atoms with Gasteiger partial charge in [0.1, 0.15) is 5.01 Å². The summed E-state index contributed by atoms with van der Waals surface area (Å²) in [6.45, 7) is 0. The second-order valence-corrected chi connectivity index (χ2v) is 7.09. The summed E-state index contributed by atoms with van der Waals surface area (Å²) in [5.41, 5.74) is 0.542. The smallest absolute Gasteiger partial charge is 0.345 e. The molecule has 0 aliphatic heterocycles. The van der Waals surface area contributed by atoms with Crippen LogP contribution in [-0.4, -0.2) is 4.98 Å². The molecule has 0 aliphatic rings. The zero-order valence-electron chi connectivity index (χ0n) is 10.4. The molecule has 0 fully saturated rings. The van der Waals surface area contributed by atoms with E-state index < -0.39 is 5.63 Å². The van der Waals surface area contributed by atoms with Crippen molar-refractivity contribution >= 4 is 54.2 Å². The van der Waals surface area contributed by atoms with Crippen LogP contribution in [0.5, 0.6) is 0 Å². The van der Waals surface area contributed by atoms with E-state index in [-0.39, 0.29) is 6.42 Å². The van der Waals surface area contributed by atoms with Crippen molar-refractivity contribution in [2.24, 2.45) is 0 Å². The van der Waals surface area contributed by atoms with Crippen LogP contribution < -0.4 is 5.63 Å². The lowest BCUT2D eigenvalue weighted by Crippen LogP contribution is -2.01. The molecule has 0 amide bonds. The van der Waals surface area contributed by atoms with Crippen molar-refractivity contribution in [3.63, 3.8) is 0 Å². The first-order valence-electron chi connectivity index (χ1n) is 5.83. The largest absolute Gasteiger partial charge is 0.421 e. The van der Waals surface area contributed by atoms with Gasteiger partial charge in [-0.3, -0.25) is 0 Å². The number of hydrogen-bond donors (Lipinski definition) is 0. The fourth-order valence-electron chi connectivity index (χ4n) is 1.91. The molecule has 7 heteroatoms. The van der Waals surface area contributed by atoms with E-state index in [1.165, 1.54) is 11.3 Å². The minimum absolute atomic E-state index is 0.237. The molecule has 0 radical (unpaired) electrons. The lowest BCUT2D eigenvalue weighted by atomic mass is 10.2. The second-order valence-electron chi connectivity index (χ2n) is 4.21. The van der Waals surface area contributed by atoms with Crippen LogP contribution in [0.4, 0.5) is 0 Å². The first kappa shape index (κ1) is 14.4. The molecule has 1 aromatic carbocycles. The van der Waals surface area contributed by atoms with E-state index in [2.05, 4.69) is 36.8 Å². The SMILES string of the molecule is N#CCc1ncc(-c2cc3cc(Br)cc(Br)c3oc2=O)s1. The summed E-state index contributed by atoms with van der Waals surface area (Å²) in [5, 5.41) is 10.2. The van der Waals surface area contributed by atoms with Crippen LogP contribution in [0.3, 0.4) is 0 Å². The van der Waals surface area contributed by atoms with Crippen molar-refractivity contribution in [3.05, 3.63) is 48.8 Å². The Labute approximate surface area is 140 Å². The maximum Gasteiger partial charge on any atom is 0.345 e. The highest BCUT2D eigenvalue weighted by Crippen LogP contribution is 2.31. The van der Waals surface area contributed by atoms with Crippen LogP contribution in [0.2, 0.25) is 0 Å². The quantitative estimate of drug-likeness (QED) is 0.566. The summed E-state index contributed by atoms with van der Waals surface area (Å²) in [6, 6.07) is 7.52. The molecule has 3 rings (SSSR count). The average molecular weight is 426 g/mol. The molecule has 4 nitrogen and oxygen atoms in total. The molecular weight excluding hydrogens is 420 g/mol. The molecule has 21 heavy (non-hydrogen) atoms. The van der Waals surface area contributed by atoms with Gasteiger partial charge in [0.25, 0.3) is 0 Å². The highest BCUT2D eigenvalue weighted by Gasteiger charge is 2.13. The average Bonchev–Trinajstić information content (AvgIpc) is 2.88.